The maximum absolute atomic E-state index is 11.1. The Balaban J connectivity index is 5.75. The zero-order valence-corrected chi connectivity index (χ0v) is 10.3. The highest BCUT2D eigenvalue weighted by Crippen LogP contribution is 2.12. The standard InChI is InChI=1S/C13H17NO3/c1-5-7-11(12(14-3)13(15)16)10(6-2)8-9-17-4/h5-9H,2H2,1,3-4H3,(H,15,16)/b7-5-,9-8+,11-10-,14-12+. The molecule has 4 heteroatoms. The summed E-state index contributed by atoms with van der Waals surface area (Å²) in [6, 6.07) is 0. The summed E-state index contributed by atoms with van der Waals surface area (Å²) in [6.07, 6.45) is 8.06. The van der Waals surface area contributed by atoms with Crippen molar-refractivity contribution in [2.24, 2.45) is 4.99 Å². The minimum atomic E-state index is -1.08. The van der Waals surface area contributed by atoms with E-state index in [2.05, 4.69) is 11.6 Å². The lowest BCUT2D eigenvalue weighted by molar-refractivity contribution is -0.129. The third kappa shape index (κ3) is 4.51. The molecule has 0 amide bonds. The lowest BCUT2D eigenvalue weighted by Gasteiger charge is -2.05. The molecular formula is C13H17NO3. The number of methoxy groups -OCH3 is 1. The van der Waals surface area contributed by atoms with E-state index in [0.717, 1.165) is 0 Å². The first-order valence-corrected chi connectivity index (χ1v) is 5.01. The molecule has 0 aromatic heterocycles. The Hall–Kier alpha value is -2.10. The topological polar surface area (TPSA) is 58.9 Å². The molecule has 0 saturated carbocycles. The number of hydrogen-bond acceptors (Lipinski definition) is 3. The van der Waals surface area contributed by atoms with E-state index in [-0.39, 0.29) is 5.71 Å². The summed E-state index contributed by atoms with van der Waals surface area (Å²) in [5.41, 5.74) is 1.11. The Morgan fingerprint density at radius 1 is 1.41 bits per heavy atom. The third-order valence-corrected chi connectivity index (χ3v) is 1.93. The van der Waals surface area contributed by atoms with E-state index in [1.165, 1.54) is 20.4 Å². The average molecular weight is 235 g/mol. The first-order chi connectivity index (χ1) is 8.12. The average Bonchev–Trinajstić information content (AvgIpc) is 2.30. The van der Waals surface area contributed by atoms with Crippen LogP contribution in [0.2, 0.25) is 0 Å². The predicted octanol–water partition coefficient (Wildman–Crippen LogP) is 2.36. The van der Waals surface area contributed by atoms with Crippen LogP contribution >= 0.6 is 0 Å². The van der Waals surface area contributed by atoms with Crippen LogP contribution in [0, 0.1) is 0 Å². The van der Waals surface area contributed by atoms with Crippen molar-refractivity contribution >= 4 is 11.7 Å². The largest absolute Gasteiger partial charge is 0.504 e. The second-order valence-electron chi connectivity index (χ2n) is 2.99. The molecule has 0 aromatic rings. The quantitative estimate of drug-likeness (QED) is 0.437. The van der Waals surface area contributed by atoms with Crippen LogP contribution < -0.4 is 0 Å². The fourth-order valence-corrected chi connectivity index (χ4v) is 1.22. The molecule has 0 bridgehead atoms. The molecule has 0 aliphatic carbocycles. The molecule has 0 saturated heterocycles. The molecule has 17 heavy (non-hydrogen) atoms. The van der Waals surface area contributed by atoms with Gasteiger partial charge in [0.05, 0.1) is 13.4 Å². The number of allylic oxidation sites excluding steroid dienone is 5. The maximum Gasteiger partial charge on any atom is 0.354 e. The smallest absolute Gasteiger partial charge is 0.354 e. The van der Waals surface area contributed by atoms with Gasteiger partial charge in [-0.1, -0.05) is 24.8 Å². The van der Waals surface area contributed by atoms with Crippen LogP contribution in [0.25, 0.3) is 0 Å². The van der Waals surface area contributed by atoms with Crippen molar-refractivity contribution in [2.75, 3.05) is 14.2 Å². The Morgan fingerprint density at radius 2 is 2.06 bits per heavy atom. The summed E-state index contributed by atoms with van der Waals surface area (Å²) in [5, 5.41) is 9.05. The molecule has 1 N–H and O–H groups in total. The van der Waals surface area contributed by atoms with Gasteiger partial charge in [-0.2, -0.15) is 0 Å². The second kappa shape index (κ2) is 8.10. The maximum atomic E-state index is 11.1. The normalized spacial score (nSPS) is 13.9. The summed E-state index contributed by atoms with van der Waals surface area (Å²) in [7, 11) is 2.95. The van der Waals surface area contributed by atoms with E-state index >= 15 is 0 Å². The number of carboxylic acids is 1. The predicted molar refractivity (Wildman–Crippen MR) is 69.2 cm³/mol. The van der Waals surface area contributed by atoms with Crippen molar-refractivity contribution in [1.82, 2.24) is 0 Å². The molecule has 0 aliphatic rings. The Kier molecular flexibility index (Phi) is 7.10. The zero-order chi connectivity index (χ0) is 13.3. The van der Waals surface area contributed by atoms with Crippen LogP contribution in [0.3, 0.4) is 0 Å². The highest BCUT2D eigenvalue weighted by atomic mass is 16.5. The molecule has 0 atom stereocenters. The van der Waals surface area contributed by atoms with Gasteiger partial charge in [-0.05, 0) is 18.6 Å². The highest BCUT2D eigenvalue weighted by Gasteiger charge is 2.14. The summed E-state index contributed by atoms with van der Waals surface area (Å²) in [6.45, 7) is 5.45. The number of hydrogen-bond donors (Lipinski definition) is 1. The summed E-state index contributed by atoms with van der Waals surface area (Å²) < 4.78 is 4.80. The number of aliphatic carboxylic acids is 1. The lowest BCUT2D eigenvalue weighted by Crippen LogP contribution is -2.16. The van der Waals surface area contributed by atoms with Gasteiger partial charge in [0.1, 0.15) is 0 Å². The zero-order valence-electron chi connectivity index (χ0n) is 10.3. The van der Waals surface area contributed by atoms with Crippen LogP contribution in [0.15, 0.2) is 53.3 Å². The lowest BCUT2D eigenvalue weighted by atomic mass is 10.0. The minimum Gasteiger partial charge on any atom is -0.504 e. The highest BCUT2D eigenvalue weighted by molar-refractivity contribution is 6.43. The van der Waals surface area contributed by atoms with Gasteiger partial charge in [0, 0.05) is 12.6 Å². The molecular weight excluding hydrogens is 218 g/mol. The molecule has 4 nitrogen and oxygen atoms in total. The van der Waals surface area contributed by atoms with Crippen molar-refractivity contribution in [2.45, 2.75) is 6.92 Å². The molecule has 0 radical (unpaired) electrons. The van der Waals surface area contributed by atoms with Gasteiger partial charge >= 0.3 is 5.97 Å². The van der Waals surface area contributed by atoms with E-state index in [4.69, 9.17) is 9.84 Å². The van der Waals surface area contributed by atoms with Crippen molar-refractivity contribution < 1.29 is 14.6 Å². The molecule has 92 valence electrons. The van der Waals surface area contributed by atoms with Gasteiger partial charge in [-0.15, -0.1) is 0 Å². The van der Waals surface area contributed by atoms with Gasteiger partial charge in [-0.25, -0.2) is 4.79 Å². The fraction of sp³-hybridized carbons (Fsp3) is 0.231. The first kappa shape index (κ1) is 14.9. The van der Waals surface area contributed by atoms with Gasteiger partial charge in [-0.3, -0.25) is 4.99 Å². The number of carbonyl (C=O) groups is 1. The van der Waals surface area contributed by atoms with Crippen molar-refractivity contribution in [3.05, 3.63) is 48.3 Å². The number of ether oxygens (including phenoxy) is 1. The molecule has 0 heterocycles. The van der Waals surface area contributed by atoms with Gasteiger partial charge < -0.3 is 9.84 Å². The number of nitrogens with zero attached hydrogens (tertiary/aromatic N) is 1. The van der Waals surface area contributed by atoms with Gasteiger partial charge in [0.15, 0.2) is 5.71 Å². The number of carboxylic acid groups (broad SMARTS) is 1. The molecule has 0 aromatic carbocycles. The number of rotatable bonds is 6. The van der Waals surface area contributed by atoms with Crippen LogP contribution in [0.4, 0.5) is 0 Å². The van der Waals surface area contributed by atoms with Crippen molar-refractivity contribution in [1.29, 1.82) is 0 Å². The molecule has 0 spiro atoms. The Labute approximate surface area is 101 Å². The van der Waals surface area contributed by atoms with E-state index in [1.807, 2.05) is 0 Å². The minimum absolute atomic E-state index is 0.0150. The van der Waals surface area contributed by atoms with Crippen LogP contribution in [0.1, 0.15) is 6.92 Å². The second-order valence-corrected chi connectivity index (χ2v) is 2.99. The van der Waals surface area contributed by atoms with Crippen molar-refractivity contribution in [3.8, 4) is 0 Å². The van der Waals surface area contributed by atoms with Crippen LogP contribution in [0.5, 0.6) is 0 Å². The van der Waals surface area contributed by atoms with Gasteiger partial charge in [0.2, 0.25) is 0 Å². The first-order valence-electron chi connectivity index (χ1n) is 5.01. The monoisotopic (exact) mass is 235 g/mol. The van der Waals surface area contributed by atoms with E-state index in [0.29, 0.717) is 11.1 Å². The molecule has 0 fully saturated rings. The molecule has 0 unspecified atom stereocenters. The molecule has 0 rings (SSSR count). The fourth-order valence-electron chi connectivity index (χ4n) is 1.22. The SMILES string of the molecule is C=CC(/C=C/OC)=C(\C=C/C)C(=N\C)/C(=O)O. The van der Waals surface area contributed by atoms with E-state index in [1.54, 1.807) is 31.2 Å². The Bertz CT molecular complexity index is 401. The summed E-state index contributed by atoms with van der Waals surface area (Å²) >= 11 is 0. The van der Waals surface area contributed by atoms with E-state index in [9.17, 15) is 4.79 Å². The van der Waals surface area contributed by atoms with Crippen molar-refractivity contribution in [3.63, 3.8) is 0 Å². The summed E-state index contributed by atoms with van der Waals surface area (Å²) in [4.78, 5) is 14.8. The van der Waals surface area contributed by atoms with Crippen LogP contribution in [-0.4, -0.2) is 30.9 Å². The molecule has 0 aliphatic heterocycles. The van der Waals surface area contributed by atoms with Gasteiger partial charge in [0.25, 0.3) is 0 Å². The summed E-state index contributed by atoms with van der Waals surface area (Å²) in [5.74, 6) is -1.08. The Morgan fingerprint density at radius 3 is 2.41 bits per heavy atom. The number of aliphatic imine (C=N–C) groups is 1. The van der Waals surface area contributed by atoms with Crippen LogP contribution in [-0.2, 0) is 9.53 Å². The van der Waals surface area contributed by atoms with E-state index < -0.39 is 5.97 Å². The third-order valence-electron chi connectivity index (χ3n) is 1.93.